The van der Waals surface area contributed by atoms with Gasteiger partial charge >= 0.3 is 0 Å². The van der Waals surface area contributed by atoms with Crippen LogP contribution in [0.1, 0.15) is 58.2 Å². The van der Waals surface area contributed by atoms with Gasteiger partial charge in [-0.2, -0.15) is 12.1 Å². The third-order valence-electron chi connectivity index (χ3n) is 13.7. The van der Waals surface area contributed by atoms with E-state index in [-0.39, 0.29) is 31.9 Å². The number of ether oxygens (including phenoxy) is 1. The quantitative estimate of drug-likeness (QED) is 0.149. The fourth-order valence-corrected chi connectivity index (χ4v) is 10.0. The molecule has 6 nitrogen and oxygen atoms in total. The van der Waals surface area contributed by atoms with Gasteiger partial charge in [-0.15, -0.1) is 48.1 Å². The maximum atomic E-state index is 6.67. The van der Waals surface area contributed by atoms with Crippen LogP contribution in [-0.4, -0.2) is 14.1 Å². The summed E-state index contributed by atoms with van der Waals surface area (Å²) < 4.78 is 11.2. The maximum absolute atomic E-state index is 6.67. The molecule has 7 heteroatoms. The Morgan fingerprint density at radius 2 is 1.07 bits per heavy atom. The van der Waals surface area contributed by atoms with Gasteiger partial charge in [-0.05, 0) is 106 Å². The van der Waals surface area contributed by atoms with Crippen molar-refractivity contribution < 1.29 is 25.8 Å². The predicted octanol–water partition coefficient (Wildman–Crippen LogP) is 16.6. The second-order valence-electron chi connectivity index (χ2n) is 20.3. The number of fused-ring (bicyclic) bond motifs is 7. The van der Waals surface area contributed by atoms with Crippen molar-refractivity contribution in [3.05, 3.63) is 218 Å². The van der Waals surface area contributed by atoms with Gasteiger partial charge in [0.15, 0.2) is 0 Å². The van der Waals surface area contributed by atoms with Crippen molar-refractivity contribution in [2.75, 3.05) is 9.80 Å². The van der Waals surface area contributed by atoms with Crippen LogP contribution in [-0.2, 0) is 31.9 Å². The molecule has 0 saturated carbocycles. The molecule has 11 aromatic rings. The number of anilines is 4. The predicted molar refractivity (Wildman–Crippen MR) is 286 cm³/mol. The molecular formula is C63H52N5OPt-3. The zero-order chi connectivity index (χ0) is 47.2. The number of rotatable bonds is 7. The van der Waals surface area contributed by atoms with Gasteiger partial charge in [-0.25, -0.2) is 4.98 Å². The molecule has 0 aliphatic carbocycles. The van der Waals surface area contributed by atoms with Crippen molar-refractivity contribution in [3.63, 3.8) is 0 Å². The first-order chi connectivity index (χ1) is 33.4. The minimum Gasteiger partial charge on any atom is -0.509 e. The molecule has 0 atom stereocenters. The summed E-state index contributed by atoms with van der Waals surface area (Å²) in [5.74, 6) is 2.01. The van der Waals surface area contributed by atoms with E-state index in [1.807, 2.05) is 24.4 Å². The normalized spacial score (nSPS) is 12.8. The van der Waals surface area contributed by atoms with Gasteiger partial charge < -0.3 is 23.7 Å². The van der Waals surface area contributed by atoms with Crippen LogP contribution >= 0.6 is 0 Å². The van der Waals surface area contributed by atoms with Crippen LogP contribution in [0, 0.1) is 25.7 Å². The van der Waals surface area contributed by atoms with Crippen molar-refractivity contribution >= 4 is 66.4 Å². The Bertz CT molecular complexity index is 3730. The molecule has 70 heavy (non-hydrogen) atoms. The molecule has 0 amide bonds. The molecule has 0 bridgehead atoms. The summed E-state index contributed by atoms with van der Waals surface area (Å²) in [5, 5.41) is 4.69. The Balaban J connectivity index is 0.00000533. The van der Waals surface area contributed by atoms with E-state index in [0.29, 0.717) is 11.5 Å². The minimum absolute atomic E-state index is 0. The van der Waals surface area contributed by atoms with E-state index < -0.39 is 0 Å². The van der Waals surface area contributed by atoms with Gasteiger partial charge in [-0.3, -0.25) is 0 Å². The molecule has 0 unspecified atom stereocenters. The van der Waals surface area contributed by atoms with Crippen LogP contribution < -0.4 is 14.5 Å². The van der Waals surface area contributed by atoms with Crippen LogP contribution in [0.4, 0.5) is 22.7 Å². The van der Waals surface area contributed by atoms with E-state index in [1.165, 1.54) is 32.9 Å². The van der Waals surface area contributed by atoms with Crippen molar-refractivity contribution in [2.45, 2.75) is 59.3 Å². The third-order valence-corrected chi connectivity index (χ3v) is 13.7. The number of nitrogens with zero attached hydrogens (tertiary/aromatic N) is 5. The summed E-state index contributed by atoms with van der Waals surface area (Å²) in [6, 6.07) is 69.8. The molecule has 12 rings (SSSR count). The number of benzene rings is 8. The first-order valence-electron chi connectivity index (χ1n) is 23.8. The van der Waals surface area contributed by atoms with E-state index >= 15 is 0 Å². The van der Waals surface area contributed by atoms with Crippen molar-refractivity contribution in [1.82, 2.24) is 14.1 Å². The molecule has 0 saturated heterocycles. The fourth-order valence-electron chi connectivity index (χ4n) is 10.0. The Morgan fingerprint density at radius 1 is 0.500 bits per heavy atom. The summed E-state index contributed by atoms with van der Waals surface area (Å²) in [6.45, 7) is 18.0. The topological polar surface area (TPSA) is 38.5 Å². The Hall–Kier alpha value is -7.40. The van der Waals surface area contributed by atoms with E-state index in [4.69, 9.17) is 9.72 Å². The summed E-state index contributed by atoms with van der Waals surface area (Å²) in [5.41, 5.74) is 15.6. The van der Waals surface area contributed by atoms with E-state index in [2.05, 4.69) is 244 Å². The average Bonchev–Trinajstić information content (AvgIpc) is 4.02. The molecule has 1 aliphatic rings. The monoisotopic (exact) mass is 1090 g/mol. The van der Waals surface area contributed by atoms with Gasteiger partial charge in [0, 0.05) is 83.4 Å². The van der Waals surface area contributed by atoms with E-state index in [0.717, 1.165) is 72.8 Å². The first-order valence-corrected chi connectivity index (χ1v) is 23.8. The van der Waals surface area contributed by atoms with Crippen LogP contribution in [0.25, 0.3) is 66.2 Å². The molecule has 0 fully saturated rings. The van der Waals surface area contributed by atoms with Gasteiger partial charge in [0.2, 0.25) is 0 Å². The number of para-hydroxylation sites is 5. The molecule has 0 spiro atoms. The Kier molecular flexibility index (Phi) is 11.1. The van der Waals surface area contributed by atoms with E-state index in [9.17, 15) is 0 Å². The van der Waals surface area contributed by atoms with Crippen LogP contribution in [0.3, 0.4) is 0 Å². The third kappa shape index (κ3) is 7.76. The van der Waals surface area contributed by atoms with Gasteiger partial charge in [0.1, 0.15) is 5.82 Å². The summed E-state index contributed by atoms with van der Waals surface area (Å²) >= 11 is 0. The van der Waals surface area contributed by atoms with Gasteiger partial charge in [0.05, 0.1) is 11.0 Å². The molecule has 0 radical (unpaired) electrons. The Morgan fingerprint density at radius 3 is 1.71 bits per heavy atom. The zero-order valence-corrected chi connectivity index (χ0v) is 42.6. The van der Waals surface area contributed by atoms with Gasteiger partial charge in [0.25, 0.3) is 0 Å². The number of pyridine rings is 1. The molecule has 1 aliphatic heterocycles. The van der Waals surface area contributed by atoms with Crippen LogP contribution in [0.5, 0.6) is 11.5 Å². The number of aryl methyl sites for hydroxylation is 1. The standard InChI is InChI=1S/C63H52N5O.Pt/c1-41-32-61(64-39-54(41)42-18-16-20-46(33-42)67-55-25-11-8-22-50(55)51-23-9-12-26-56(51)67)68-57-27-13-10-24-52(57)53-31-30-49(38-60(53)68)69-48-21-17-19-45(37-48)65-40-66(59-29-15-14-28-58(59)65)47-35-43(62(2,3)4)34-44(36-47)63(5,6)7;/h8-36,39-40H,1-7H3;/q-3;. The second-order valence-corrected chi connectivity index (χ2v) is 20.3. The second kappa shape index (κ2) is 17.2. The number of hydrogen-bond donors (Lipinski definition) is 0. The molecule has 4 heterocycles. The van der Waals surface area contributed by atoms with Gasteiger partial charge in [-0.1, -0.05) is 132 Å². The van der Waals surface area contributed by atoms with Crippen molar-refractivity contribution in [3.8, 4) is 34.1 Å². The summed E-state index contributed by atoms with van der Waals surface area (Å²) in [7, 11) is 0. The Labute approximate surface area is 424 Å². The van der Waals surface area contributed by atoms with E-state index in [1.54, 1.807) is 0 Å². The zero-order valence-electron chi connectivity index (χ0n) is 40.4. The van der Waals surface area contributed by atoms with Crippen LogP contribution in [0.15, 0.2) is 182 Å². The SMILES string of the molecule is Cc1cc(-n2c3[c-]c(Oc4[c-]c(N5[CH-]N(c6cc(C(C)(C)C)cc(C(C)(C)C)c6)c6ccccc65)ccc4)ccc3c3ccccc32)ncc1-c1cccc(-n2c3ccccc3c3ccccc32)c1.[Pt]. The number of aromatic nitrogens is 3. The minimum atomic E-state index is -0.00721. The van der Waals surface area contributed by atoms with Crippen molar-refractivity contribution in [1.29, 1.82) is 0 Å². The largest absolute Gasteiger partial charge is 0.509 e. The summed E-state index contributed by atoms with van der Waals surface area (Å²) in [6.07, 6.45) is 2.01. The molecule has 8 aromatic carbocycles. The molecular weight excluding hydrogens is 1040 g/mol. The first kappa shape index (κ1) is 45.1. The molecule has 348 valence electrons. The summed E-state index contributed by atoms with van der Waals surface area (Å²) in [4.78, 5) is 9.68. The number of hydrogen-bond acceptors (Lipinski definition) is 4. The maximum Gasteiger partial charge on any atom is 0.135 e. The smallest absolute Gasteiger partial charge is 0.135 e. The van der Waals surface area contributed by atoms with Crippen LogP contribution in [0.2, 0.25) is 0 Å². The average molecular weight is 1090 g/mol. The van der Waals surface area contributed by atoms with Crippen molar-refractivity contribution in [2.24, 2.45) is 0 Å². The molecule has 3 aromatic heterocycles. The molecule has 0 N–H and O–H groups in total. The fraction of sp³-hybridized carbons (Fsp3) is 0.143.